The van der Waals surface area contributed by atoms with Gasteiger partial charge in [-0.1, -0.05) is 6.42 Å². The highest BCUT2D eigenvalue weighted by atomic mass is 16.5. The molecule has 1 fully saturated rings. The molecule has 0 aromatic carbocycles. The van der Waals surface area contributed by atoms with Gasteiger partial charge in [-0.15, -0.1) is 0 Å². The Hall–Kier alpha value is -0.120. The summed E-state index contributed by atoms with van der Waals surface area (Å²) in [4.78, 5) is 0. The molecule has 78 valence electrons. The Morgan fingerprint density at radius 2 is 2.38 bits per heavy atom. The molecule has 3 unspecified atom stereocenters. The molecule has 0 bridgehead atoms. The Labute approximate surface area is 80.3 Å². The molecule has 0 aromatic heterocycles. The number of hydrogen-bond acceptors (Lipinski definition) is 3. The highest BCUT2D eigenvalue weighted by Gasteiger charge is 2.41. The molecule has 1 aliphatic rings. The molecular formula is C10H21NO2. The van der Waals surface area contributed by atoms with Gasteiger partial charge in [0.15, 0.2) is 0 Å². The summed E-state index contributed by atoms with van der Waals surface area (Å²) in [5.74, 6) is 0. The fraction of sp³-hybridized carbons (Fsp3) is 1.00. The summed E-state index contributed by atoms with van der Waals surface area (Å²) >= 11 is 0. The lowest BCUT2D eigenvalue weighted by Crippen LogP contribution is -2.40. The van der Waals surface area contributed by atoms with Crippen LogP contribution in [0, 0.1) is 5.41 Å². The van der Waals surface area contributed by atoms with Gasteiger partial charge in [-0.2, -0.15) is 0 Å². The third-order valence-corrected chi connectivity index (χ3v) is 3.36. The van der Waals surface area contributed by atoms with Crippen molar-refractivity contribution in [1.82, 2.24) is 0 Å². The first kappa shape index (κ1) is 11.0. The highest BCUT2D eigenvalue weighted by Crippen LogP contribution is 2.41. The van der Waals surface area contributed by atoms with E-state index < -0.39 is 0 Å². The predicted octanol–water partition coefficient (Wildman–Crippen LogP) is 0.901. The maximum Gasteiger partial charge on any atom is 0.0609 e. The number of nitrogens with two attached hydrogens (primary N) is 1. The van der Waals surface area contributed by atoms with Crippen LogP contribution < -0.4 is 5.73 Å². The van der Waals surface area contributed by atoms with Crippen molar-refractivity contribution < 1.29 is 9.84 Å². The second-order valence-corrected chi connectivity index (χ2v) is 4.22. The number of hydrogen-bond donors (Lipinski definition) is 2. The van der Waals surface area contributed by atoms with E-state index in [0.717, 1.165) is 25.7 Å². The Morgan fingerprint density at radius 3 is 2.77 bits per heavy atom. The van der Waals surface area contributed by atoms with E-state index >= 15 is 0 Å². The van der Waals surface area contributed by atoms with E-state index in [1.165, 1.54) is 0 Å². The lowest BCUT2D eigenvalue weighted by atomic mass is 9.79. The van der Waals surface area contributed by atoms with E-state index in [0.29, 0.717) is 6.54 Å². The van der Waals surface area contributed by atoms with Gasteiger partial charge in [0.05, 0.1) is 12.2 Å². The molecule has 1 saturated carbocycles. The van der Waals surface area contributed by atoms with Crippen LogP contribution in [0.3, 0.4) is 0 Å². The lowest BCUT2D eigenvalue weighted by molar-refractivity contribution is 0.00325. The summed E-state index contributed by atoms with van der Waals surface area (Å²) in [6, 6.07) is 0. The van der Waals surface area contributed by atoms with Gasteiger partial charge in [-0.25, -0.2) is 0 Å². The van der Waals surface area contributed by atoms with Crippen molar-refractivity contribution in [3.8, 4) is 0 Å². The van der Waals surface area contributed by atoms with Gasteiger partial charge in [-0.05, 0) is 26.2 Å². The SMILES string of the molecule is COC(C)CC1(CN)CCCC1O. The van der Waals surface area contributed by atoms with Crippen LogP contribution in [0.2, 0.25) is 0 Å². The van der Waals surface area contributed by atoms with Crippen molar-refractivity contribution in [3.05, 3.63) is 0 Å². The lowest BCUT2D eigenvalue weighted by Gasteiger charge is -2.33. The largest absolute Gasteiger partial charge is 0.392 e. The number of aliphatic hydroxyl groups is 1. The minimum absolute atomic E-state index is 0.0740. The molecule has 0 radical (unpaired) electrons. The van der Waals surface area contributed by atoms with Crippen LogP contribution in [-0.4, -0.2) is 31.0 Å². The third kappa shape index (κ3) is 2.22. The Balaban J connectivity index is 2.58. The van der Waals surface area contributed by atoms with Gasteiger partial charge in [-0.3, -0.25) is 0 Å². The second-order valence-electron chi connectivity index (χ2n) is 4.22. The van der Waals surface area contributed by atoms with E-state index in [4.69, 9.17) is 10.5 Å². The van der Waals surface area contributed by atoms with Crippen molar-refractivity contribution in [2.45, 2.75) is 44.8 Å². The van der Waals surface area contributed by atoms with E-state index in [2.05, 4.69) is 0 Å². The standard InChI is InChI=1S/C10H21NO2/c1-8(13-2)6-10(7-11)5-3-4-9(10)12/h8-9,12H,3-7,11H2,1-2H3. The van der Waals surface area contributed by atoms with Crippen molar-refractivity contribution in [2.24, 2.45) is 11.1 Å². The summed E-state index contributed by atoms with van der Waals surface area (Å²) in [6.45, 7) is 2.60. The van der Waals surface area contributed by atoms with E-state index in [1.54, 1.807) is 7.11 Å². The summed E-state index contributed by atoms with van der Waals surface area (Å²) in [7, 11) is 1.70. The fourth-order valence-corrected chi connectivity index (χ4v) is 2.34. The zero-order chi connectivity index (χ0) is 9.90. The van der Waals surface area contributed by atoms with Crippen LogP contribution in [0.4, 0.5) is 0 Å². The monoisotopic (exact) mass is 187 g/mol. The Morgan fingerprint density at radius 1 is 1.69 bits per heavy atom. The van der Waals surface area contributed by atoms with Crippen molar-refractivity contribution in [1.29, 1.82) is 0 Å². The van der Waals surface area contributed by atoms with Crippen LogP contribution in [0.25, 0.3) is 0 Å². The number of ether oxygens (including phenoxy) is 1. The van der Waals surface area contributed by atoms with Gasteiger partial charge >= 0.3 is 0 Å². The zero-order valence-corrected chi connectivity index (χ0v) is 8.62. The molecule has 0 aromatic rings. The van der Waals surface area contributed by atoms with E-state index in [9.17, 15) is 5.11 Å². The summed E-state index contributed by atoms with van der Waals surface area (Å²) < 4.78 is 5.22. The summed E-state index contributed by atoms with van der Waals surface area (Å²) in [6.07, 6.45) is 3.87. The average molecular weight is 187 g/mol. The van der Waals surface area contributed by atoms with Crippen LogP contribution in [-0.2, 0) is 4.74 Å². The van der Waals surface area contributed by atoms with E-state index in [-0.39, 0.29) is 17.6 Å². The van der Waals surface area contributed by atoms with Crippen molar-refractivity contribution in [2.75, 3.05) is 13.7 Å². The summed E-state index contributed by atoms with van der Waals surface area (Å²) in [5.41, 5.74) is 5.67. The first-order valence-electron chi connectivity index (χ1n) is 5.05. The molecule has 0 aliphatic heterocycles. The first-order chi connectivity index (χ1) is 6.14. The van der Waals surface area contributed by atoms with Gasteiger partial charge < -0.3 is 15.6 Å². The molecule has 0 amide bonds. The second kappa shape index (κ2) is 4.40. The normalized spacial score (nSPS) is 36.5. The van der Waals surface area contributed by atoms with E-state index in [1.807, 2.05) is 6.92 Å². The molecule has 3 nitrogen and oxygen atoms in total. The van der Waals surface area contributed by atoms with Crippen LogP contribution in [0.1, 0.15) is 32.6 Å². The van der Waals surface area contributed by atoms with Gasteiger partial charge in [0.25, 0.3) is 0 Å². The molecule has 0 heterocycles. The molecule has 1 rings (SSSR count). The topological polar surface area (TPSA) is 55.5 Å². The van der Waals surface area contributed by atoms with Crippen molar-refractivity contribution >= 4 is 0 Å². The molecule has 0 saturated heterocycles. The maximum atomic E-state index is 9.85. The molecule has 13 heavy (non-hydrogen) atoms. The molecule has 0 spiro atoms. The minimum atomic E-state index is -0.227. The van der Waals surface area contributed by atoms with Crippen LogP contribution in [0.15, 0.2) is 0 Å². The molecule has 3 heteroatoms. The number of aliphatic hydroxyl groups excluding tert-OH is 1. The number of rotatable bonds is 4. The van der Waals surface area contributed by atoms with Gasteiger partial charge in [0.1, 0.15) is 0 Å². The molecule has 3 N–H and O–H groups in total. The molecular weight excluding hydrogens is 166 g/mol. The van der Waals surface area contributed by atoms with Gasteiger partial charge in [0.2, 0.25) is 0 Å². The molecule has 1 aliphatic carbocycles. The fourth-order valence-electron chi connectivity index (χ4n) is 2.34. The quantitative estimate of drug-likeness (QED) is 0.687. The number of methoxy groups -OCH3 is 1. The Bertz CT molecular complexity index is 163. The Kier molecular flexibility index (Phi) is 3.71. The maximum absolute atomic E-state index is 9.85. The zero-order valence-electron chi connectivity index (χ0n) is 8.62. The minimum Gasteiger partial charge on any atom is -0.392 e. The van der Waals surface area contributed by atoms with Crippen LogP contribution >= 0.6 is 0 Å². The highest BCUT2D eigenvalue weighted by molar-refractivity contribution is 4.93. The van der Waals surface area contributed by atoms with Crippen LogP contribution in [0.5, 0.6) is 0 Å². The summed E-state index contributed by atoms with van der Waals surface area (Å²) in [5, 5.41) is 9.85. The van der Waals surface area contributed by atoms with Crippen molar-refractivity contribution in [3.63, 3.8) is 0 Å². The smallest absolute Gasteiger partial charge is 0.0609 e. The predicted molar refractivity (Wildman–Crippen MR) is 52.4 cm³/mol. The first-order valence-corrected chi connectivity index (χ1v) is 5.05. The average Bonchev–Trinajstić information content (AvgIpc) is 2.48. The molecule has 3 atom stereocenters. The third-order valence-electron chi connectivity index (χ3n) is 3.36. The van der Waals surface area contributed by atoms with Gasteiger partial charge in [0, 0.05) is 19.1 Å².